The van der Waals surface area contributed by atoms with Gasteiger partial charge in [0.15, 0.2) is 0 Å². The van der Waals surface area contributed by atoms with E-state index < -0.39 is 0 Å². The highest BCUT2D eigenvalue weighted by atomic mass is 16.1. The summed E-state index contributed by atoms with van der Waals surface area (Å²) in [4.78, 5) is 15.0. The second-order valence-electron chi connectivity index (χ2n) is 2.87. The summed E-state index contributed by atoms with van der Waals surface area (Å²) >= 11 is 0. The molecule has 2 heterocycles. The lowest BCUT2D eigenvalue weighted by Crippen LogP contribution is -2.14. The maximum atomic E-state index is 11.0. The Labute approximate surface area is 70.5 Å². The van der Waals surface area contributed by atoms with Gasteiger partial charge in [0.25, 0.3) is 5.56 Å². The van der Waals surface area contributed by atoms with Gasteiger partial charge in [0, 0.05) is 12.6 Å². The fraction of sp³-hybridized carbons (Fsp3) is 0.333. The van der Waals surface area contributed by atoms with Crippen molar-refractivity contribution >= 4 is 5.69 Å². The van der Waals surface area contributed by atoms with E-state index in [2.05, 4.69) is 10.3 Å². The van der Waals surface area contributed by atoms with Gasteiger partial charge in [-0.05, 0) is 18.9 Å². The van der Waals surface area contributed by atoms with E-state index in [1.807, 2.05) is 6.07 Å². The number of aromatic nitrogens is 1. The lowest BCUT2D eigenvalue weighted by atomic mass is 10.1. The molecule has 0 saturated heterocycles. The van der Waals surface area contributed by atoms with Crippen molar-refractivity contribution in [2.24, 2.45) is 0 Å². The summed E-state index contributed by atoms with van der Waals surface area (Å²) < 4.78 is 0. The average molecular weight is 162 g/mol. The normalized spacial score (nSPS) is 14.7. The molecule has 2 rings (SSSR count). The molecule has 1 aromatic heterocycles. The van der Waals surface area contributed by atoms with Crippen molar-refractivity contribution in [2.75, 3.05) is 11.9 Å². The van der Waals surface area contributed by atoms with Crippen molar-refractivity contribution in [3.63, 3.8) is 0 Å². The Bertz CT molecular complexity index is 349. The number of hydrogen-bond donors (Lipinski definition) is 1. The lowest BCUT2D eigenvalue weighted by molar-refractivity contribution is 0.802. The zero-order chi connectivity index (χ0) is 8.39. The molecule has 0 atom stereocenters. The van der Waals surface area contributed by atoms with Crippen molar-refractivity contribution < 1.29 is 0 Å². The number of rotatable bonds is 0. The van der Waals surface area contributed by atoms with Gasteiger partial charge in [0.2, 0.25) is 0 Å². The molecule has 1 aliphatic heterocycles. The van der Waals surface area contributed by atoms with E-state index in [-0.39, 0.29) is 5.56 Å². The highest BCUT2D eigenvalue weighted by Gasteiger charge is 2.07. The Morgan fingerprint density at radius 2 is 2.33 bits per heavy atom. The summed E-state index contributed by atoms with van der Waals surface area (Å²) in [6, 6.07) is 5.13. The zero-order valence-electron chi connectivity index (χ0n) is 6.71. The average Bonchev–Trinajstić information content (AvgIpc) is 2.25. The molecule has 0 bridgehead atoms. The van der Waals surface area contributed by atoms with E-state index in [4.69, 9.17) is 0 Å². The Morgan fingerprint density at radius 3 is 3.25 bits per heavy atom. The Hall–Kier alpha value is -1.38. The largest absolute Gasteiger partial charge is 0.384 e. The van der Waals surface area contributed by atoms with Crippen LogP contribution in [0.2, 0.25) is 0 Å². The van der Waals surface area contributed by atoms with Crippen LogP contribution in [0.5, 0.6) is 0 Å². The summed E-state index contributed by atoms with van der Waals surface area (Å²) in [6.07, 6.45) is 1.97. The van der Waals surface area contributed by atoms with Crippen LogP contribution >= 0.6 is 0 Å². The Balaban J connectivity index is 2.59. The number of hydrogen-bond acceptors (Lipinski definition) is 3. The van der Waals surface area contributed by atoms with Crippen LogP contribution in [0.1, 0.15) is 12.1 Å². The first-order valence-electron chi connectivity index (χ1n) is 4.10. The summed E-state index contributed by atoms with van der Waals surface area (Å²) in [5, 5.41) is 3.21. The molecule has 0 spiro atoms. The van der Waals surface area contributed by atoms with Crippen LogP contribution in [-0.2, 0) is 6.42 Å². The second-order valence-corrected chi connectivity index (χ2v) is 2.87. The van der Waals surface area contributed by atoms with Gasteiger partial charge in [-0.1, -0.05) is 6.07 Å². The maximum Gasteiger partial charge on any atom is 0.269 e. The van der Waals surface area contributed by atoms with Crippen LogP contribution in [0, 0.1) is 0 Å². The number of nitrogens with one attached hydrogen (secondary N) is 1. The van der Waals surface area contributed by atoms with E-state index >= 15 is 0 Å². The molecule has 0 fully saturated rings. The van der Waals surface area contributed by atoms with E-state index in [9.17, 15) is 4.79 Å². The SMILES string of the molecule is O=c1cccc2c(n1)CCCN2. The van der Waals surface area contributed by atoms with Gasteiger partial charge in [-0.3, -0.25) is 4.79 Å². The monoisotopic (exact) mass is 162 g/mol. The van der Waals surface area contributed by atoms with Gasteiger partial charge in [-0.2, -0.15) is 0 Å². The molecule has 1 N–H and O–H groups in total. The fourth-order valence-electron chi connectivity index (χ4n) is 1.38. The van der Waals surface area contributed by atoms with E-state index in [0.29, 0.717) is 0 Å². The predicted octanol–water partition coefficient (Wildman–Crippen LogP) is 0.800. The zero-order valence-corrected chi connectivity index (χ0v) is 6.71. The van der Waals surface area contributed by atoms with Crippen molar-refractivity contribution in [3.8, 4) is 0 Å². The summed E-state index contributed by atoms with van der Waals surface area (Å²) in [7, 11) is 0. The molecule has 3 heteroatoms. The number of fused-ring (bicyclic) bond motifs is 1. The highest BCUT2D eigenvalue weighted by Crippen LogP contribution is 2.16. The minimum atomic E-state index is -0.153. The Kier molecular flexibility index (Phi) is 1.78. The van der Waals surface area contributed by atoms with Crippen LogP contribution in [-0.4, -0.2) is 11.5 Å². The van der Waals surface area contributed by atoms with Gasteiger partial charge < -0.3 is 5.32 Å². The minimum absolute atomic E-state index is 0.153. The number of nitrogens with zero attached hydrogens (tertiary/aromatic N) is 1. The Morgan fingerprint density at radius 1 is 1.42 bits per heavy atom. The maximum absolute atomic E-state index is 11.0. The molecule has 62 valence electrons. The minimum Gasteiger partial charge on any atom is -0.384 e. The molecule has 0 radical (unpaired) electrons. The smallest absolute Gasteiger partial charge is 0.269 e. The van der Waals surface area contributed by atoms with Crippen LogP contribution < -0.4 is 10.9 Å². The van der Waals surface area contributed by atoms with Crippen molar-refractivity contribution in [1.29, 1.82) is 0 Å². The van der Waals surface area contributed by atoms with Crippen LogP contribution in [0.15, 0.2) is 23.0 Å². The molecular weight excluding hydrogens is 152 g/mol. The molecule has 0 amide bonds. The number of anilines is 1. The van der Waals surface area contributed by atoms with Gasteiger partial charge in [0.1, 0.15) is 0 Å². The van der Waals surface area contributed by atoms with Gasteiger partial charge in [-0.25, -0.2) is 4.98 Å². The first-order chi connectivity index (χ1) is 5.86. The molecule has 0 aromatic carbocycles. The van der Waals surface area contributed by atoms with Crippen LogP contribution in [0.4, 0.5) is 5.69 Å². The molecule has 3 nitrogen and oxygen atoms in total. The van der Waals surface area contributed by atoms with E-state index in [1.54, 1.807) is 6.07 Å². The predicted molar refractivity (Wildman–Crippen MR) is 47.3 cm³/mol. The van der Waals surface area contributed by atoms with E-state index in [0.717, 1.165) is 30.8 Å². The third-order valence-corrected chi connectivity index (χ3v) is 1.96. The van der Waals surface area contributed by atoms with E-state index in [1.165, 1.54) is 6.07 Å². The highest BCUT2D eigenvalue weighted by molar-refractivity contribution is 5.48. The van der Waals surface area contributed by atoms with Gasteiger partial charge >= 0.3 is 0 Å². The molecule has 1 aliphatic rings. The molecule has 0 aliphatic carbocycles. The number of aryl methyl sites for hydroxylation is 1. The first kappa shape index (κ1) is 7.28. The summed E-state index contributed by atoms with van der Waals surface area (Å²) in [5.41, 5.74) is 1.75. The third kappa shape index (κ3) is 1.30. The van der Waals surface area contributed by atoms with Gasteiger partial charge in [-0.15, -0.1) is 0 Å². The summed E-state index contributed by atoms with van der Waals surface area (Å²) in [5.74, 6) is 0. The first-order valence-corrected chi connectivity index (χ1v) is 4.10. The van der Waals surface area contributed by atoms with Crippen molar-refractivity contribution in [3.05, 3.63) is 34.2 Å². The third-order valence-electron chi connectivity index (χ3n) is 1.96. The molecule has 12 heavy (non-hydrogen) atoms. The van der Waals surface area contributed by atoms with Crippen molar-refractivity contribution in [1.82, 2.24) is 4.98 Å². The molecule has 0 unspecified atom stereocenters. The second kappa shape index (κ2) is 2.93. The van der Waals surface area contributed by atoms with Crippen LogP contribution in [0.25, 0.3) is 0 Å². The fourth-order valence-corrected chi connectivity index (χ4v) is 1.38. The van der Waals surface area contributed by atoms with Gasteiger partial charge in [0.05, 0.1) is 11.4 Å². The van der Waals surface area contributed by atoms with Crippen LogP contribution in [0.3, 0.4) is 0 Å². The quantitative estimate of drug-likeness (QED) is 0.613. The topological polar surface area (TPSA) is 42.0 Å². The molecular formula is C9H10N2O. The summed E-state index contributed by atoms with van der Waals surface area (Å²) in [6.45, 7) is 0.979. The standard InChI is InChI=1S/C9H10N2O/c12-9-5-1-3-7-8(11-9)4-2-6-10-7/h1,3,5,10H,2,4,6H2. The molecule has 0 saturated carbocycles. The lowest BCUT2D eigenvalue weighted by Gasteiger charge is -2.13. The van der Waals surface area contributed by atoms with Crippen molar-refractivity contribution in [2.45, 2.75) is 12.8 Å². The molecule has 1 aromatic rings.